The molecule has 204 valence electrons. The van der Waals surface area contributed by atoms with E-state index < -0.39 is 10.0 Å². The van der Waals surface area contributed by atoms with Crippen molar-refractivity contribution >= 4 is 27.0 Å². The van der Waals surface area contributed by atoms with Crippen molar-refractivity contribution in [1.29, 1.82) is 0 Å². The van der Waals surface area contributed by atoms with Crippen LogP contribution in [0.1, 0.15) is 5.56 Å². The zero-order valence-corrected chi connectivity index (χ0v) is 23.6. The van der Waals surface area contributed by atoms with E-state index in [0.29, 0.717) is 44.3 Å². The Kier molecular flexibility index (Phi) is 8.47. The summed E-state index contributed by atoms with van der Waals surface area (Å²) in [6, 6.07) is 22.9. The normalized spacial score (nSPS) is 14.9. The predicted molar refractivity (Wildman–Crippen MR) is 152 cm³/mol. The van der Waals surface area contributed by atoms with Crippen molar-refractivity contribution in [3.63, 3.8) is 0 Å². The molecule has 4 aromatic rings. The van der Waals surface area contributed by atoms with Gasteiger partial charge in [0.05, 0.1) is 43.7 Å². The number of aromatic nitrogens is 1. The molecule has 0 aliphatic carbocycles. The summed E-state index contributed by atoms with van der Waals surface area (Å²) in [5.74, 6) is 1.36. The fourth-order valence-electron chi connectivity index (χ4n) is 4.51. The second-order valence-corrected chi connectivity index (χ2v) is 11.8. The van der Waals surface area contributed by atoms with E-state index in [1.54, 1.807) is 32.4 Å². The van der Waals surface area contributed by atoms with Gasteiger partial charge in [-0.15, -0.1) is 11.3 Å². The molecular weight excluding hydrogens is 534 g/mol. The first-order chi connectivity index (χ1) is 19.0. The lowest BCUT2D eigenvalue weighted by molar-refractivity contribution is 0.0730. The van der Waals surface area contributed by atoms with Crippen LogP contribution < -0.4 is 14.3 Å². The molecule has 0 radical (unpaired) electrons. The molecule has 0 spiro atoms. The minimum absolute atomic E-state index is 0.279. The molecule has 1 aromatic heterocycles. The number of benzene rings is 3. The molecule has 1 saturated heterocycles. The van der Waals surface area contributed by atoms with Crippen LogP contribution in [-0.2, 0) is 27.7 Å². The highest BCUT2D eigenvalue weighted by molar-refractivity contribution is 7.89. The van der Waals surface area contributed by atoms with Gasteiger partial charge in [-0.05, 0) is 48.4 Å². The van der Waals surface area contributed by atoms with Crippen LogP contribution in [0.25, 0.3) is 11.3 Å². The Hall–Kier alpha value is -3.44. The zero-order chi connectivity index (χ0) is 27.2. The SMILES string of the molecule is COc1ccc(CCn2c(-c3cccc(S(=O)(=O)N4CCOCC4)c3)csc2=Nc2ccccc2)cc1OC. The van der Waals surface area contributed by atoms with Crippen molar-refractivity contribution in [1.82, 2.24) is 8.87 Å². The Morgan fingerprint density at radius 2 is 1.69 bits per heavy atom. The van der Waals surface area contributed by atoms with E-state index in [1.165, 1.54) is 15.6 Å². The first-order valence-corrected chi connectivity index (χ1v) is 15.0. The molecule has 39 heavy (non-hydrogen) atoms. The molecule has 8 nitrogen and oxygen atoms in total. The summed E-state index contributed by atoms with van der Waals surface area (Å²) in [7, 11) is -0.371. The second-order valence-electron chi connectivity index (χ2n) is 8.99. The average Bonchev–Trinajstić information content (AvgIpc) is 3.39. The highest BCUT2D eigenvalue weighted by Crippen LogP contribution is 2.29. The van der Waals surface area contributed by atoms with E-state index in [0.717, 1.165) is 33.7 Å². The number of ether oxygens (including phenoxy) is 3. The molecule has 1 aliphatic heterocycles. The number of thiazole rings is 1. The van der Waals surface area contributed by atoms with Crippen molar-refractivity contribution in [3.8, 4) is 22.8 Å². The maximum atomic E-state index is 13.4. The standard InChI is InChI=1S/C29H31N3O5S2/c1-35-27-12-11-22(19-28(27)36-2)13-14-32-26(21-38-29(32)30-24-8-4-3-5-9-24)23-7-6-10-25(20-23)39(33,34)31-15-17-37-18-16-31/h3-12,19-21H,13-18H2,1-2H3. The fraction of sp³-hybridized carbons (Fsp3) is 0.276. The summed E-state index contributed by atoms with van der Waals surface area (Å²) in [4.78, 5) is 6.01. The number of rotatable bonds is 9. The van der Waals surface area contributed by atoms with Gasteiger partial charge in [-0.1, -0.05) is 36.4 Å². The number of hydrogen-bond donors (Lipinski definition) is 0. The van der Waals surface area contributed by atoms with Gasteiger partial charge in [0.2, 0.25) is 10.0 Å². The molecule has 0 saturated carbocycles. The Balaban J connectivity index is 1.53. The molecule has 10 heteroatoms. The smallest absolute Gasteiger partial charge is 0.243 e. The summed E-state index contributed by atoms with van der Waals surface area (Å²) in [5, 5.41) is 2.04. The maximum absolute atomic E-state index is 13.4. The van der Waals surface area contributed by atoms with Crippen LogP contribution in [-0.4, -0.2) is 57.8 Å². The molecule has 0 bridgehead atoms. The maximum Gasteiger partial charge on any atom is 0.243 e. The summed E-state index contributed by atoms with van der Waals surface area (Å²) in [6.45, 7) is 2.17. The lowest BCUT2D eigenvalue weighted by atomic mass is 10.1. The Bertz CT molecular complexity index is 1590. The molecule has 5 rings (SSSR count). The van der Waals surface area contributed by atoms with E-state index in [9.17, 15) is 8.42 Å². The lowest BCUT2D eigenvalue weighted by Gasteiger charge is -2.26. The highest BCUT2D eigenvalue weighted by atomic mass is 32.2. The first kappa shape index (κ1) is 27.1. The van der Waals surface area contributed by atoms with Crippen LogP contribution in [0, 0.1) is 0 Å². The van der Waals surface area contributed by atoms with E-state index in [4.69, 9.17) is 19.2 Å². The van der Waals surface area contributed by atoms with Crippen LogP contribution in [0.3, 0.4) is 0 Å². The van der Waals surface area contributed by atoms with Gasteiger partial charge in [0.25, 0.3) is 0 Å². The van der Waals surface area contributed by atoms with Gasteiger partial charge in [0.1, 0.15) is 0 Å². The lowest BCUT2D eigenvalue weighted by Crippen LogP contribution is -2.40. The van der Waals surface area contributed by atoms with Crippen LogP contribution in [0.15, 0.2) is 88.1 Å². The molecule has 0 amide bonds. The predicted octanol–water partition coefficient (Wildman–Crippen LogP) is 4.73. The van der Waals surface area contributed by atoms with Crippen molar-refractivity contribution in [3.05, 3.63) is 88.5 Å². The topological polar surface area (TPSA) is 82.4 Å². The van der Waals surface area contributed by atoms with Gasteiger partial charge in [-0.25, -0.2) is 13.4 Å². The molecule has 3 aromatic carbocycles. The summed E-state index contributed by atoms with van der Waals surface area (Å²) < 4.78 is 46.6. The number of hydrogen-bond acceptors (Lipinski definition) is 7. The van der Waals surface area contributed by atoms with Crippen molar-refractivity contribution in [2.75, 3.05) is 40.5 Å². The largest absolute Gasteiger partial charge is 0.493 e. The fourth-order valence-corrected chi connectivity index (χ4v) is 6.92. The minimum Gasteiger partial charge on any atom is -0.493 e. The third-order valence-electron chi connectivity index (χ3n) is 6.59. The average molecular weight is 566 g/mol. The van der Waals surface area contributed by atoms with E-state index in [2.05, 4.69) is 4.57 Å². The van der Waals surface area contributed by atoms with Gasteiger partial charge in [-0.3, -0.25) is 0 Å². The summed E-state index contributed by atoms with van der Waals surface area (Å²) in [5.41, 5.74) is 3.68. The molecule has 1 fully saturated rings. The first-order valence-electron chi connectivity index (χ1n) is 12.7. The Morgan fingerprint density at radius 3 is 2.44 bits per heavy atom. The van der Waals surface area contributed by atoms with Gasteiger partial charge in [-0.2, -0.15) is 4.31 Å². The molecule has 0 N–H and O–H groups in total. The van der Waals surface area contributed by atoms with Crippen molar-refractivity contribution < 1.29 is 22.6 Å². The molecule has 0 atom stereocenters. The van der Waals surface area contributed by atoms with Gasteiger partial charge in [0, 0.05) is 30.6 Å². The van der Waals surface area contributed by atoms with E-state index >= 15 is 0 Å². The third kappa shape index (κ3) is 6.09. The second kappa shape index (κ2) is 12.2. The van der Waals surface area contributed by atoms with Crippen LogP contribution >= 0.6 is 11.3 Å². The highest BCUT2D eigenvalue weighted by Gasteiger charge is 2.26. The Morgan fingerprint density at radius 1 is 0.923 bits per heavy atom. The van der Waals surface area contributed by atoms with Crippen molar-refractivity contribution in [2.24, 2.45) is 4.99 Å². The molecule has 2 heterocycles. The number of methoxy groups -OCH3 is 2. The van der Waals surface area contributed by atoms with Crippen molar-refractivity contribution in [2.45, 2.75) is 17.9 Å². The molecule has 1 aliphatic rings. The van der Waals surface area contributed by atoms with Gasteiger partial charge in [0.15, 0.2) is 16.3 Å². The number of aryl methyl sites for hydroxylation is 1. The zero-order valence-electron chi connectivity index (χ0n) is 21.9. The van der Waals surface area contributed by atoms with E-state index in [1.807, 2.05) is 60.0 Å². The summed E-state index contributed by atoms with van der Waals surface area (Å²) >= 11 is 1.53. The molecule has 0 unspecified atom stereocenters. The third-order valence-corrected chi connectivity index (χ3v) is 9.35. The Labute approximate surface area is 232 Å². The van der Waals surface area contributed by atoms with Crippen LogP contribution in [0.2, 0.25) is 0 Å². The molecular formula is C29H31N3O5S2. The van der Waals surface area contributed by atoms with Gasteiger partial charge >= 0.3 is 0 Å². The monoisotopic (exact) mass is 565 g/mol. The van der Waals surface area contributed by atoms with Crippen LogP contribution in [0.4, 0.5) is 5.69 Å². The van der Waals surface area contributed by atoms with E-state index in [-0.39, 0.29) is 4.90 Å². The van der Waals surface area contributed by atoms with Gasteiger partial charge < -0.3 is 18.8 Å². The van der Waals surface area contributed by atoms with Crippen LogP contribution in [0.5, 0.6) is 11.5 Å². The minimum atomic E-state index is -3.62. The number of morpholine rings is 1. The summed E-state index contributed by atoms with van der Waals surface area (Å²) in [6.07, 6.45) is 0.720. The number of nitrogens with zero attached hydrogens (tertiary/aromatic N) is 3. The number of sulfonamides is 1. The number of para-hydroxylation sites is 1. The quantitative estimate of drug-likeness (QED) is 0.293.